The zero-order valence-corrected chi connectivity index (χ0v) is 12.7. The monoisotopic (exact) mass is 328 g/mol. The van der Waals surface area contributed by atoms with Crippen molar-refractivity contribution < 1.29 is 24.6 Å². The van der Waals surface area contributed by atoms with Gasteiger partial charge in [-0.15, -0.1) is 0 Å². The summed E-state index contributed by atoms with van der Waals surface area (Å²) in [7, 11) is 0. The first-order valence-electron chi connectivity index (χ1n) is 7.12. The highest BCUT2D eigenvalue weighted by Crippen LogP contribution is 2.25. The molecule has 3 rings (SSSR count). The lowest BCUT2D eigenvalue weighted by atomic mass is 10.1. The maximum atomic E-state index is 11.1. The number of para-hydroxylation sites is 1. The van der Waals surface area contributed by atoms with Crippen molar-refractivity contribution in [1.29, 1.82) is 0 Å². The fourth-order valence-electron chi connectivity index (χ4n) is 2.22. The number of aliphatic carboxylic acids is 2. The normalized spacial score (nSPS) is 10.2. The number of nitrogens with one attached hydrogen (secondary N) is 1. The molecule has 0 aliphatic rings. The molecule has 0 atom stereocenters. The van der Waals surface area contributed by atoms with Gasteiger partial charge in [0.2, 0.25) is 5.91 Å². The van der Waals surface area contributed by atoms with Crippen LogP contribution in [0.1, 0.15) is 23.2 Å². The molecule has 124 valence electrons. The van der Waals surface area contributed by atoms with Crippen LogP contribution in [0.5, 0.6) is 0 Å². The Morgan fingerprint density at radius 2 is 1.46 bits per heavy atom. The average molecular weight is 328 g/mol. The van der Waals surface area contributed by atoms with Crippen LogP contribution in [-0.4, -0.2) is 33.0 Å². The average Bonchev–Trinajstić information content (AvgIpc) is 2.91. The summed E-state index contributed by atoms with van der Waals surface area (Å²) in [6.07, 6.45) is -0.593. The Kier molecular flexibility index (Phi) is 5.16. The molecular weight excluding hydrogens is 312 g/mol. The van der Waals surface area contributed by atoms with Crippen molar-refractivity contribution in [2.45, 2.75) is 12.8 Å². The molecule has 1 aromatic heterocycles. The molecule has 1 amide bonds. The fourth-order valence-corrected chi connectivity index (χ4v) is 2.22. The molecule has 3 aromatic rings. The minimum Gasteiger partial charge on any atom is -0.481 e. The summed E-state index contributed by atoms with van der Waals surface area (Å²) in [5.74, 6) is -2.55. The number of fused-ring (bicyclic) bond motifs is 3. The Labute approximate surface area is 136 Å². The number of carbonyl (C=O) groups excluding carboxylic acids is 1. The molecule has 2 aromatic carbocycles. The predicted octanol–water partition coefficient (Wildman–Crippen LogP) is 2.36. The van der Waals surface area contributed by atoms with E-state index >= 15 is 0 Å². The van der Waals surface area contributed by atoms with Crippen LogP contribution in [0, 0.1) is 0 Å². The summed E-state index contributed by atoms with van der Waals surface area (Å²) >= 11 is 0. The van der Waals surface area contributed by atoms with Crippen molar-refractivity contribution in [1.82, 2.24) is 4.98 Å². The molecule has 24 heavy (non-hydrogen) atoms. The van der Waals surface area contributed by atoms with E-state index in [9.17, 15) is 14.4 Å². The molecule has 5 N–H and O–H groups in total. The number of primary amides is 1. The molecule has 0 fully saturated rings. The van der Waals surface area contributed by atoms with Crippen LogP contribution in [0.4, 0.5) is 0 Å². The van der Waals surface area contributed by atoms with Crippen LogP contribution in [0.25, 0.3) is 21.8 Å². The summed E-state index contributed by atoms with van der Waals surface area (Å²) in [5, 5.41) is 17.9. The lowest BCUT2D eigenvalue weighted by Crippen LogP contribution is -2.10. The highest BCUT2D eigenvalue weighted by Gasteiger charge is 2.06. The van der Waals surface area contributed by atoms with Crippen molar-refractivity contribution in [3.05, 3.63) is 48.0 Å². The van der Waals surface area contributed by atoms with Gasteiger partial charge in [-0.2, -0.15) is 0 Å². The number of carbonyl (C=O) groups is 3. The Morgan fingerprint density at radius 1 is 0.875 bits per heavy atom. The number of nitrogens with two attached hydrogens (primary N) is 1. The van der Waals surface area contributed by atoms with E-state index in [1.165, 1.54) is 0 Å². The smallest absolute Gasteiger partial charge is 0.303 e. The first-order valence-corrected chi connectivity index (χ1v) is 7.12. The van der Waals surface area contributed by atoms with Gasteiger partial charge in [-0.3, -0.25) is 14.4 Å². The molecule has 0 bridgehead atoms. The van der Waals surface area contributed by atoms with Gasteiger partial charge in [0.05, 0.1) is 12.8 Å². The molecule has 0 unspecified atom stereocenters. The zero-order chi connectivity index (χ0) is 17.7. The van der Waals surface area contributed by atoms with Gasteiger partial charge in [-0.1, -0.05) is 18.2 Å². The molecule has 0 saturated heterocycles. The second-order valence-electron chi connectivity index (χ2n) is 5.08. The van der Waals surface area contributed by atoms with Crippen molar-refractivity contribution >= 4 is 39.7 Å². The van der Waals surface area contributed by atoms with E-state index in [-0.39, 0.29) is 12.8 Å². The van der Waals surface area contributed by atoms with E-state index in [1.54, 1.807) is 6.07 Å². The number of H-pyrrole nitrogens is 1. The number of aromatic nitrogens is 1. The number of benzene rings is 2. The Morgan fingerprint density at radius 3 is 2.04 bits per heavy atom. The third-order valence-electron chi connectivity index (χ3n) is 3.34. The molecule has 0 aliphatic heterocycles. The van der Waals surface area contributed by atoms with Crippen molar-refractivity contribution in [2.75, 3.05) is 0 Å². The quantitative estimate of drug-likeness (QED) is 0.583. The Hall–Kier alpha value is -3.35. The highest BCUT2D eigenvalue weighted by atomic mass is 16.4. The third-order valence-corrected chi connectivity index (χ3v) is 3.34. The summed E-state index contributed by atoms with van der Waals surface area (Å²) in [5.41, 5.74) is 7.90. The molecule has 0 saturated carbocycles. The fraction of sp³-hybridized carbons (Fsp3) is 0.118. The number of hydrogen-bond donors (Lipinski definition) is 4. The first-order chi connectivity index (χ1) is 11.4. The summed E-state index contributed by atoms with van der Waals surface area (Å²) < 4.78 is 0. The van der Waals surface area contributed by atoms with Gasteiger partial charge >= 0.3 is 11.9 Å². The SMILES string of the molecule is NC(=O)c1ccc2[nH]c3ccccc3c2c1.O=C(O)CCC(=O)O. The minimum atomic E-state index is -1.08. The van der Waals surface area contributed by atoms with Gasteiger partial charge in [0, 0.05) is 27.4 Å². The van der Waals surface area contributed by atoms with Crippen molar-refractivity contribution in [2.24, 2.45) is 5.73 Å². The van der Waals surface area contributed by atoms with Gasteiger partial charge in [0.1, 0.15) is 0 Å². The number of aromatic amines is 1. The minimum absolute atomic E-state index is 0.296. The van der Waals surface area contributed by atoms with Crippen LogP contribution in [0.3, 0.4) is 0 Å². The van der Waals surface area contributed by atoms with E-state index in [0.29, 0.717) is 5.56 Å². The lowest BCUT2D eigenvalue weighted by molar-refractivity contribution is -0.143. The number of carboxylic acids is 2. The predicted molar refractivity (Wildman–Crippen MR) is 88.8 cm³/mol. The second kappa shape index (κ2) is 7.28. The van der Waals surface area contributed by atoms with Gasteiger partial charge in [0.15, 0.2) is 0 Å². The molecule has 0 radical (unpaired) electrons. The highest BCUT2D eigenvalue weighted by molar-refractivity contribution is 6.09. The largest absolute Gasteiger partial charge is 0.481 e. The second-order valence-corrected chi connectivity index (χ2v) is 5.08. The van der Waals surface area contributed by atoms with Gasteiger partial charge in [-0.05, 0) is 24.3 Å². The van der Waals surface area contributed by atoms with Crippen LogP contribution in [-0.2, 0) is 9.59 Å². The Bertz CT molecular complexity index is 900. The number of amides is 1. The maximum Gasteiger partial charge on any atom is 0.303 e. The summed E-state index contributed by atoms with van der Waals surface area (Å²) in [6, 6.07) is 13.4. The van der Waals surface area contributed by atoms with E-state index in [0.717, 1.165) is 21.8 Å². The third kappa shape index (κ3) is 4.10. The van der Waals surface area contributed by atoms with Gasteiger partial charge < -0.3 is 20.9 Å². The molecule has 0 aliphatic carbocycles. The van der Waals surface area contributed by atoms with Gasteiger partial charge in [0.25, 0.3) is 0 Å². The van der Waals surface area contributed by atoms with Crippen LogP contribution in [0.2, 0.25) is 0 Å². The number of rotatable bonds is 4. The van der Waals surface area contributed by atoms with E-state index in [4.69, 9.17) is 15.9 Å². The number of carboxylic acid groups (broad SMARTS) is 2. The van der Waals surface area contributed by atoms with Crippen LogP contribution in [0.15, 0.2) is 42.5 Å². The maximum absolute atomic E-state index is 11.1. The van der Waals surface area contributed by atoms with Crippen molar-refractivity contribution in [3.63, 3.8) is 0 Å². The summed E-state index contributed by atoms with van der Waals surface area (Å²) in [6.45, 7) is 0. The molecule has 0 spiro atoms. The molecule has 7 nitrogen and oxygen atoms in total. The van der Waals surface area contributed by atoms with Crippen LogP contribution >= 0.6 is 0 Å². The van der Waals surface area contributed by atoms with Crippen molar-refractivity contribution in [3.8, 4) is 0 Å². The number of hydrogen-bond acceptors (Lipinski definition) is 3. The first kappa shape index (κ1) is 17.0. The van der Waals surface area contributed by atoms with Gasteiger partial charge in [-0.25, -0.2) is 0 Å². The molecule has 7 heteroatoms. The van der Waals surface area contributed by atoms with E-state index < -0.39 is 17.8 Å². The standard InChI is InChI=1S/C13H10N2O.C4H6O4/c14-13(16)8-5-6-12-10(7-8)9-3-1-2-4-11(9)15-12;5-3(6)1-2-4(7)8/h1-7,15H,(H2,14,16);1-2H2,(H,5,6)(H,7,8). The molecular formula is C17H16N2O5. The lowest BCUT2D eigenvalue weighted by Gasteiger charge is -1.95. The zero-order valence-electron chi connectivity index (χ0n) is 12.7. The Balaban J connectivity index is 0.000000224. The topological polar surface area (TPSA) is 133 Å². The van der Waals surface area contributed by atoms with E-state index in [1.807, 2.05) is 36.4 Å². The van der Waals surface area contributed by atoms with E-state index in [2.05, 4.69) is 4.98 Å². The van der Waals surface area contributed by atoms with Crippen LogP contribution < -0.4 is 5.73 Å². The molecule has 1 heterocycles. The summed E-state index contributed by atoms with van der Waals surface area (Å²) in [4.78, 5) is 33.7.